The van der Waals surface area contributed by atoms with Crippen molar-refractivity contribution in [2.75, 3.05) is 33.7 Å². The highest BCUT2D eigenvalue weighted by atomic mass is 15.2. The Morgan fingerprint density at radius 2 is 2.00 bits per heavy atom. The van der Waals surface area contributed by atoms with Crippen LogP contribution in [-0.4, -0.2) is 50.6 Å². The third kappa shape index (κ3) is 5.91. The smallest absolute Gasteiger partial charge is 0.191 e. The van der Waals surface area contributed by atoms with Crippen LogP contribution in [0.2, 0.25) is 0 Å². The summed E-state index contributed by atoms with van der Waals surface area (Å²) in [5.41, 5.74) is 0. The number of nitrogens with zero attached hydrogens (tertiary/aromatic N) is 2. The predicted molar refractivity (Wildman–Crippen MR) is 74.5 cm³/mol. The molecular weight excluding hydrogens is 212 g/mol. The van der Waals surface area contributed by atoms with Crippen LogP contribution < -0.4 is 10.6 Å². The third-order valence-electron chi connectivity index (χ3n) is 3.50. The van der Waals surface area contributed by atoms with Gasteiger partial charge in [-0.1, -0.05) is 26.2 Å². The Kier molecular flexibility index (Phi) is 7.01. The molecule has 1 rings (SSSR count). The summed E-state index contributed by atoms with van der Waals surface area (Å²) in [5.74, 6) is 0.960. The Labute approximate surface area is 106 Å². The fraction of sp³-hybridized carbons (Fsp3) is 0.923. The number of likely N-dealkylation sites (N-methyl/N-ethyl adjacent to an activating group) is 1. The lowest BCUT2D eigenvalue weighted by molar-refractivity contribution is 0.355. The average molecular weight is 240 g/mol. The maximum atomic E-state index is 4.28. The van der Waals surface area contributed by atoms with Crippen molar-refractivity contribution in [3.05, 3.63) is 0 Å². The number of guanidine groups is 1. The lowest BCUT2D eigenvalue weighted by Gasteiger charge is -2.25. The summed E-state index contributed by atoms with van der Waals surface area (Å²) in [6.07, 6.45) is 6.68. The zero-order valence-corrected chi connectivity index (χ0v) is 11.6. The second kappa shape index (κ2) is 8.34. The second-order valence-corrected chi connectivity index (χ2v) is 4.87. The van der Waals surface area contributed by atoms with E-state index in [1.807, 2.05) is 7.05 Å². The molecule has 17 heavy (non-hydrogen) atoms. The van der Waals surface area contributed by atoms with Crippen LogP contribution in [0.25, 0.3) is 0 Å². The van der Waals surface area contributed by atoms with Crippen LogP contribution in [0.1, 0.15) is 39.0 Å². The number of nitrogens with one attached hydrogen (secondary N) is 2. The normalized spacial score (nSPS) is 18.5. The molecule has 2 N–H and O–H groups in total. The summed E-state index contributed by atoms with van der Waals surface area (Å²) in [6, 6.07) is 0.624. The lowest BCUT2D eigenvalue weighted by Crippen LogP contribution is -2.46. The molecule has 0 atom stereocenters. The van der Waals surface area contributed by atoms with Crippen LogP contribution in [-0.2, 0) is 0 Å². The van der Waals surface area contributed by atoms with Crippen molar-refractivity contribution >= 4 is 5.96 Å². The zero-order chi connectivity index (χ0) is 12.5. The molecule has 0 aromatic heterocycles. The van der Waals surface area contributed by atoms with Crippen molar-refractivity contribution < 1.29 is 0 Å². The van der Waals surface area contributed by atoms with Crippen molar-refractivity contribution in [1.29, 1.82) is 0 Å². The molecule has 0 saturated heterocycles. The van der Waals surface area contributed by atoms with Crippen LogP contribution in [0.3, 0.4) is 0 Å². The summed E-state index contributed by atoms with van der Waals surface area (Å²) in [5, 5.41) is 6.90. The minimum Gasteiger partial charge on any atom is -0.355 e. The Hall–Kier alpha value is -0.770. The molecule has 1 aliphatic carbocycles. The van der Waals surface area contributed by atoms with E-state index in [1.54, 1.807) is 0 Å². The summed E-state index contributed by atoms with van der Waals surface area (Å²) in [6.45, 7) is 5.28. The van der Waals surface area contributed by atoms with Gasteiger partial charge in [0.1, 0.15) is 0 Å². The Morgan fingerprint density at radius 3 is 2.59 bits per heavy atom. The van der Waals surface area contributed by atoms with Gasteiger partial charge < -0.3 is 15.5 Å². The molecule has 4 nitrogen and oxygen atoms in total. The molecule has 4 heteroatoms. The molecule has 0 bridgehead atoms. The molecule has 0 radical (unpaired) electrons. The predicted octanol–water partition coefficient (Wildman–Crippen LogP) is 1.44. The van der Waals surface area contributed by atoms with E-state index in [1.165, 1.54) is 32.1 Å². The topological polar surface area (TPSA) is 39.7 Å². The molecule has 0 amide bonds. The Morgan fingerprint density at radius 1 is 1.29 bits per heavy atom. The first-order chi connectivity index (χ1) is 8.26. The van der Waals surface area contributed by atoms with Gasteiger partial charge in [-0.3, -0.25) is 4.99 Å². The second-order valence-electron chi connectivity index (χ2n) is 4.87. The molecule has 100 valence electrons. The lowest BCUT2D eigenvalue weighted by atomic mass is 9.96. The first-order valence-electron chi connectivity index (χ1n) is 6.92. The van der Waals surface area contributed by atoms with E-state index in [2.05, 4.69) is 34.5 Å². The highest BCUT2D eigenvalue weighted by molar-refractivity contribution is 5.79. The minimum absolute atomic E-state index is 0.624. The molecule has 0 heterocycles. The first kappa shape index (κ1) is 14.3. The summed E-state index contributed by atoms with van der Waals surface area (Å²) >= 11 is 0. The van der Waals surface area contributed by atoms with Crippen LogP contribution in [0.15, 0.2) is 4.99 Å². The number of hydrogen-bond acceptors (Lipinski definition) is 2. The van der Waals surface area contributed by atoms with Gasteiger partial charge >= 0.3 is 0 Å². The van der Waals surface area contributed by atoms with Crippen molar-refractivity contribution in [3.8, 4) is 0 Å². The van der Waals surface area contributed by atoms with Gasteiger partial charge in [0.25, 0.3) is 0 Å². The summed E-state index contributed by atoms with van der Waals surface area (Å²) in [7, 11) is 3.99. The molecule has 0 spiro atoms. The minimum atomic E-state index is 0.624. The van der Waals surface area contributed by atoms with Crippen LogP contribution >= 0.6 is 0 Å². The van der Waals surface area contributed by atoms with Gasteiger partial charge in [-0.05, 0) is 26.4 Å². The standard InChI is InChI=1S/C13H28N4/c1-4-17(3)11-10-15-13(14-2)16-12-8-6-5-7-9-12/h12H,4-11H2,1-3H3,(H2,14,15,16). The first-order valence-corrected chi connectivity index (χ1v) is 6.92. The van der Waals surface area contributed by atoms with Crippen LogP contribution in [0.4, 0.5) is 0 Å². The van der Waals surface area contributed by atoms with Gasteiger partial charge in [-0.25, -0.2) is 0 Å². The number of aliphatic imine (C=N–C) groups is 1. The SMILES string of the molecule is CCN(C)CCNC(=NC)NC1CCCCC1. The highest BCUT2D eigenvalue weighted by Gasteiger charge is 2.14. The van der Waals surface area contributed by atoms with E-state index in [9.17, 15) is 0 Å². The molecule has 1 fully saturated rings. The monoisotopic (exact) mass is 240 g/mol. The van der Waals surface area contributed by atoms with Crippen LogP contribution in [0, 0.1) is 0 Å². The molecule has 0 aromatic rings. The van der Waals surface area contributed by atoms with Crippen molar-refractivity contribution in [1.82, 2.24) is 15.5 Å². The largest absolute Gasteiger partial charge is 0.355 e. The summed E-state index contributed by atoms with van der Waals surface area (Å²) in [4.78, 5) is 6.57. The van der Waals surface area contributed by atoms with Gasteiger partial charge in [0, 0.05) is 26.2 Å². The van der Waals surface area contributed by atoms with Gasteiger partial charge in [-0.2, -0.15) is 0 Å². The Balaban J connectivity index is 2.19. The van der Waals surface area contributed by atoms with E-state index in [-0.39, 0.29) is 0 Å². The number of rotatable bonds is 5. The maximum absolute atomic E-state index is 4.28. The van der Waals surface area contributed by atoms with Gasteiger partial charge in [0.2, 0.25) is 0 Å². The molecular formula is C13H28N4. The fourth-order valence-corrected chi connectivity index (χ4v) is 2.16. The fourth-order valence-electron chi connectivity index (χ4n) is 2.16. The van der Waals surface area contributed by atoms with Gasteiger partial charge in [0.15, 0.2) is 5.96 Å². The summed E-state index contributed by atoms with van der Waals surface area (Å²) < 4.78 is 0. The van der Waals surface area contributed by atoms with Gasteiger partial charge in [0.05, 0.1) is 0 Å². The van der Waals surface area contributed by atoms with Gasteiger partial charge in [-0.15, -0.1) is 0 Å². The van der Waals surface area contributed by atoms with Crippen molar-refractivity contribution in [2.45, 2.75) is 45.1 Å². The van der Waals surface area contributed by atoms with Crippen molar-refractivity contribution in [2.24, 2.45) is 4.99 Å². The highest BCUT2D eigenvalue weighted by Crippen LogP contribution is 2.17. The number of hydrogen-bond donors (Lipinski definition) is 2. The molecule has 0 unspecified atom stereocenters. The molecule has 1 saturated carbocycles. The quantitative estimate of drug-likeness (QED) is 0.564. The van der Waals surface area contributed by atoms with E-state index >= 15 is 0 Å². The van der Waals surface area contributed by atoms with E-state index in [0.29, 0.717) is 6.04 Å². The molecule has 1 aliphatic rings. The van der Waals surface area contributed by atoms with Crippen LogP contribution in [0.5, 0.6) is 0 Å². The van der Waals surface area contributed by atoms with E-state index < -0.39 is 0 Å². The maximum Gasteiger partial charge on any atom is 0.191 e. The molecule has 0 aromatic carbocycles. The average Bonchev–Trinajstić information content (AvgIpc) is 2.38. The Bertz CT molecular complexity index is 221. The van der Waals surface area contributed by atoms with Crippen molar-refractivity contribution in [3.63, 3.8) is 0 Å². The zero-order valence-electron chi connectivity index (χ0n) is 11.6. The van der Waals surface area contributed by atoms with E-state index in [0.717, 1.165) is 25.6 Å². The molecule has 0 aliphatic heterocycles. The third-order valence-corrected chi connectivity index (χ3v) is 3.50. The van der Waals surface area contributed by atoms with E-state index in [4.69, 9.17) is 0 Å².